The third-order valence-corrected chi connectivity index (χ3v) is 3.66. The van der Waals surface area contributed by atoms with Crippen LogP contribution in [0.25, 0.3) is 5.69 Å². The van der Waals surface area contributed by atoms with Crippen LogP contribution in [0.4, 0.5) is 0 Å². The van der Waals surface area contributed by atoms with E-state index in [4.69, 9.17) is 14.2 Å². The van der Waals surface area contributed by atoms with Gasteiger partial charge in [0.1, 0.15) is 35.1 Å². The van der Waals surface area contributed by atoms with Crippen molar-refractivity contribution in [1.82, 2.24) is 15.0 Å². The van der Waals surface area contributed by atoms with Crippen molar-refractivity contribution in [3.05, 3.63) is 29.6 Å². The lowest BCUT2D eigenvalue weighted by atomic mass is 10.1. The Morgan fingerprint density at radius 1 is 1.36 bits per heavy atom. The SMILES string of the molecule is COc1ccc(OC)c(-n2nnc(C#N)c2C2CCCO2)c1. The molecule has 0 radical (unpaired) electrons. The van der Waals surface area contributed by atoms with Crippen LogP contribution in [0, 0.1) is 11.3 Å². The average molecular weight is 300 g/mol. The van der Waals surface area contributed by atoms with Gasteiger partial charge in [-0.1, -0.05) is 5.21 Å². The van der Waals surface area contributed by atoms with Crippen molar-refractivity contribution >= 4 is 0 Å². The molecule has 1 atom stereocenters. The minimum atomic E-state index is -0.180. The number of hydrogen-bond acceptors (Lipinski definition) is 6. The molecule has 1 aliphatic rings. The fourth-order valence-corrected chi connectivity index (χ4v) is 2.59. The number of hydrogen-bond donors (Lipinski definition) is 0. The van der Waals surface area contributed by atoms with Crippen molar-refractivity contribution in [3.8, 4) is 23.3 Å². The molecule has 1 unspecified atom stereocenters. The largest absolute Gasteiger partial charge is 0.497 e. The van der Waals surface area contributed by atoms with Crippen LogP contribution in [0.5, 0.6) is 11.5 Å². The molecule has 0 saturated carbocycles. The smallest absolute Gasteiger partial charge is 0.189 e. The molecular weight excluding hydrogens is 284 g/mol. The molecule has 1 aromatic heterocycles. The molecule has 7 nitrogen and oxygen atoms in total. The van der Waals surface area contributed by atoms with E-state index in [-0.39, 0.29) is 11.8 Å². The lowest BCUT2D eigenvalue weighted by Crippen LogP contribution is -2.09. The molecule has 0 bridgehead atoms. The van der Waals surface area contributed by atoms with E-state index < -0.39 is 0 Å². The van der Waals surface area contributed by atoms with Crippen LogP contribution in [0.1, 0.15) is 30.3 Å². The molecule has 0 spiro atoms. The second-order valence-electron chi connectivity index (χ2n) is 4.89. The molecule has 3 rings (SSSR count). The fourth-order valence-electron chi connectivity index (χ4n) is 2.59. The van der Waals surface area contributed by atoms with E-state index in [0.29, 0.717) is 29.5 Å². The molecule has 2 aromatic rings. The van der Waals surface area contributed by atoms with Gasteiger partial charge in [0.15, 0.2) is 5.69 Å². The van der Waals surface area contributed by atoms with E-state index in [1.807, 2.05) is 0 Å². The summed E-state index contributed by atoms with van der Waals surface area (Å²) in [6.45, 7) is 0.677. The van der Waals surface area contributed by atoms with Gasteiger partial charge in [0.25, 0.3) is 0 Å². The van der Waals surface area contributed by atoms with Crippen molar-refractivity contribution in [2.75, 3.05) is 20.8 Å². The second-order valence-corrected chi connectivity index (χ2v) is 4.89. The number of rotatable bonds is 4. The maximum Gasteiger partial charge on any atom is 0.189 e. The van der Waals surface area contributed by atoms with Crippen molar-refractivity contribution in [2.24, 2.45) is 0 Å². The van der Waals surface area contributed by atoms with E-state index in [0.717, 1.165) is 12.8 Å². The van der Waals surface area contributed by atoms with Crippen LogP contribution in [0.2, 0.25) is 0 Å². The van der Waals surface area contributed by atoms with Crippen molar-refractivity contribution in [3.63, 3.8) is 0 Å². The van der Waals surface area contributed by atoms with E-state index in [1.54, 1.807) is 37.1 Å². The standard InChI is InChI=1S/C15H16N4O3/c1-20-10-5-6-13(21-2)12(8-10)19-15(11(9-16)17-18-19)14-4-3-7-22-14/h5-6,8,14H,3-4,7H2,1-2H3. The van der Waals surface area contributed by atoms with Crippen LogP contribution in [-0.4, -0.2) is 35.8 Å². The highest BCUT2D eigenvalue weighted by Crippen LogP contribution is 2.34. The third kappa shape index (κ3) is 2.38. The van der Waals surface area contributed by atoms with Crippen LogP contribution in [-0.2, 0) is 4.74 Å². The summed E-state index contributed by atoms with van der Waals surface area (Å²) in [7, 11) is 3.17. The van der Waals surface area contributed by atoms with Gasteiger partial charge in [-0.05, 0) is 25.0 Å². The Balaban J connectivity index is 2.16. The number of nitrogens with zero attached hydrogens (tertiary/aromatic N) is 4. The van der Waals surface area contributed by atoms with Gasteiger partial charge in [-0.2, -0.15) is 5.26 Å². The molecule has 0 amide bonds. The molecule has 7 heteroatoms. The van der Waals surface area contributed by atoms with Gasteiger partial charge >= 0.3 is 0 Å². The summed E-state index contributed by atoms with van der Waals surface area (Å²) in [5, 5.41) is 17.4. The molecule has 0 aliphatic carbocycles. The first kappa shape index (κ1) is 14.4. The Labute approximate surface area is 128 Å². The highest BCUT2D eigenvalue weighted by Gasteiger charge is 2.28. The molecule has 1 aromatic carbocycles. The molecule has 1 saturated heterocycles. The van der Waals surface area contributed by atoms with Gasteiger partial charge < -0.3 is 14.2 Å². The molecule has 0 N–H and O–H groups in total. The predicted molar refractivity (Wildman–Crippen MR) is 77.1 cm³/mol. The van der Waals surface area contributed by atoms with Crippen molar-refractivity contribution in [2.45, 2.75) is 18.9 Å². The van der Waals surface area contributed by atoms with E-state index in [1.165, 1.54) is 0 Å². The Bertz CT molecular complexity index is 714. The minimum Gasteiger partial charge on any atom is -0.497 e. The van der Waals surface area contributed by atoms with Crippen molar-refractivity contribution in [1.29, 1.82) is 5.26 Å². The Morgan fingerprint density at radius 3 is 2.86 bits per heavy atom. The van der Waals surface area contributed by atoms with Gasteiger partial charge in [0, 0.05) is 12.7 Å². The first-order valence-electron chi connectivity index (χ1n) is 6.98. The first-order chi connectivity index (χ1) is 10.8. The minimum absolute atomic E-state index is 0.180. The zero-order chi connectivity index (χ0) is 15.5. The zero-order valence-corrected chi connectivity index (χ0v) is 12.4. The monoisotopic (exact) mass is 300 g/mol. The fraction of sp³-hybridized carbons (Fsp3) is 0.400. The Morgan fingerprint density at radius 2 is 2.23 bits per heavy atom. The Hall–Kier alpha value is -2.59. The predicted octanol–water partition coefficient (Wildman–Crippen LogP) is 2.01. The molecule has 1 aliphatic heterocycles. The van der Waals surface area contributed by atoms with Crippen molar-refractivity contribution < 1.29 is 14.2 Å². The maximum absolute atomic E-state index is 9.29. The zero-order valence-electron chi connectivity index (χ0n) is 12.4. The summed E-state index contributed by atoms with van der Waals surface area (Å²) < 4.78 is 18.0. The van der Waals surface area contributed by atoms with Gasteiger partial charge in [-0.25, -0.2) is 4.68 Å². The number of ether oxygens (including phenoxy) is 3. The number of benzene rings is 1. The number of aromatic nitrogens is 3. The molecule has 22 heavy (non-hydrogen) atoms. The second kappa shape index (κ2) is 6.03. The van der Waals surface area contributed by atoms with E-state index in [9.17, 15) is 5.26 Å². The highest BCUT2D eigenvalue weighted by molar-refractivity contribution is 5.52. The van der Waals surface area contributed by atoms with Gasteiger partial charge in [-0.3, -0.25) is 0 Å². The molecular formula is C15H16N4O3. The number of nitriles is 1. The first-order valence-corrected chi connectivity index (χ1v) is 6.98. The van der Waals surface area contributed by atoms with Crippen LogP contribution < -0.4 is 9.47 Å². The van der Waals surface area contributed by atoms with Gasteiger partial charge in [0.2, 0.25) is 0 Å². The summed E-state index contributed by atoms with van der Waals surface area (Å²) in [5.41, 5.74) is 1.60. The quantitative estimate of drug-likeness (QED) is 0.859. The average Bonchev–Trinajstić information content (AvgIpc) is 3.22. The van der Waals surface area contributed by atoms with E-state index >= 15 is 0 Å². The van der Waals surface area contributed by atoms with Gasteiger partial charge in [0.05, 0.1) is 14.2 Å². The summed E-state index contributed by atoms with van der Waals surface area (Å²) in [6.07, 6.45) is 1.62. The highest BCUT2D eigenvalue weighted by atomic mass is 16.5. The van der Waals surface area contributed by atoms with Crippen LogP contribution >= 0.6 is 0 Å². The normalized spacial score (nSPS) is 17.2. The summed E-state index contributed by atoms with van der Waals surface area (Å²) >= 11 is 0. The number of methoxy groups -OCH3 is 2. The van der Waals surface area contributed by atoms with Crippen LogP contribution in [0.15, 0.2) is 18.2 Å². The van der Waals surface area contributed by atoms with E-state index in [2.05, 4.69) is 16.4 Å². The summed E-state index contributed by atoms with van der Waals surface area (Å²) in [4.78, 5) is 0. The van der Waals surface area contributed by atoms with Crippen LogP contribution in [0.3, 0.4) is 0 Å². The molecule has 114 valence electrons. The molecule has 2 heterocycles. The summed E-state index contributed by atoms with van der Waals surface area (Å²) in [6, 6.07) is 7.48. The lowest BCUT2D eigenvalue weighted by molar-refractivity contribution is 0.106. The lowest BCUT2D eigenvalue weighted by Gasteiger charge is -2.15. The van der Waals surface area contributed by atoms with Gasteiger partial charge in [-0.15, -0.1) is 5.10 Å². The summed E-state index contributed by atoms with van der Waals surface area (Å²) in [5.74, 6) is 1.29. The molecule has 1 fully saturated rings. The topological polar surface area (TPSA) is 82.2 Å². The Kier molecular flexibility index (Phi) is 3.94. The maximum atomic E-state index is 9.29. The third-order valence-electron chi connectivity index (χ3n) is 3.66.